The van der Waals surface area contributed by atoms with E-state index >= 15 is 0 Å². The second-order valence-electron chi connectivity index (χ2n) is 11.2. The lowest BCUT2D eigenvalue weighted by atomic mass is 10.00. The average molecular weight is 567 g/mol. The number of rotatable bonds is 4. The fraction of sp³-hybridized carbons (Fsp3) is 0.0250. The van der Waals surface area contributed by atoms with Gasteiger partial charge in [-0.2, -0.15) is 0 Å². The van der Waals surface area contributed by atoms with E-state index in [9.17, 15) is 0 Å². The summed E-state index contributed by atoms with van der Waals surface area (Å²) in [5.74, 6) is 0. The van der Waals surface area contributed by atoms with Crippen LogP contribution in [0, 0.1) is 0 Å². The van der Waals surface area contributed by atoms with Gasteiger partial charge in [-0.3, -0.25) is 4.99 Å². The average Bonchev–Trinajstić information content (AvgIpc) is 3.66. The summed E-state index contributed by atoms with van der Waals surface area (Å²) in [7, 11) is 0. The van der Waals surface area contributed by atoms with Crippen LogP contribution in [0.5, 0.6) is 0 Å². The molecule has 1 aliphatic rings. The van der Waals surface area contributed by atoms with E-state index in [1.165, 1.54) is 0 Å². The number of nitrogens with zero attached hydrogens (tertiary/aromatic N) is 1. The van der Waals surface area contributed by atoms with Gasteiger partial charge in [-0.05, 0) is 47.0 Å². The van der Waals surface area contributed by atoms with Crippen LogP contribution in [-0.4, -0.2) is 5.71 Å². The lowest BCUT2D eigenvalue weighted by molar-refractivity contribution is 0.650. The number of furan rings is 2. The third kappa shape index (κ3) is 4.03. The molecule has 0 amide bonds. The highest BCUT2D eigenvalue weighted by Gasteiger charge is 2.21. The summed E-state index contributed by atoms with van der Waals surface area (Å²) in [4.78, 5) is 5.15. The quantitative estimate of drug-likeness (QED) is 0.231. The molecule has 4 nitrogen and oxygen atoms in total. The van der Waals surface area contributed by atoms with E-state index in [0.717, 1.165) is 83.1 Å². The maximum Gasteiger partial charge on any atom is 0.145 e. The predicted molar refractivity (Wildman–Crippen MR) is 180 cm³/mol. The van der Waals surface area contributed by atoms with Crippen molar-refractivity contribution in [2.24, 2.45) is 4.99 Å². The number of hydrogen-bond donors (Lipinski definition) is 1. The summed E-state index contributed by atoms with van der Waals surface area (Å²) in [6.07, 6.45) is 1.87. The standard InChI is InChI=1S/C40H26N2O2/c1-3-10-25(11-4-1)34-24-35(26-12-5-2-6-13-26)42-40(41-34)28-19-21-32-33-16-9-15-29(39(33)44-38(32)23-28)27-18-20-31-30-14-7-8-17-36(30)43-37(31)22-27/h1-24,40-41H. The fourth-order valence-electron chi connectivity index (χ4n) is 6.35. The lowest BCUT2D eigenvalue weighted by Crippen LogP contribution is -2.24. The van der Waals surface area contributed by atoms with E-state index in [1.54, 1.807) is 0 Å². The Bertz CT molecular complexity index is 2410. The van der Waals surface area contributed by atoms with Gasteiger partial charge >= 0.3 is 0 Å². The number of hydrogen-bond acceptors (Lipinski definition) is 4. The van der Waals surface area contributed by atoms with E-state index in [4.69, 9.17) is 13.8 Å². The van der Waals surface area contributed by atoms with E-state index < -0.39 is 0 Å². The van der Waals surface area contributed by atoms with Gasteiger partial charge in [-0.25, -0.2) is 0 Å². The molecular formula is C40H26N2O2. The summed E-state index contributed by atoms with van der Waals surface area (Å²) in [5.41, 5.74) is 10.8. The summed E-state index contributed by atoms with van der Waals surface area (Å²) in [6.45, 7) is 0. The molecule has 1 atom stereocenters. The molecule has 0 saturated carbocycles. The molecule has 8 aromatic rings. The van der Waals surface area contributed by atoms with E-state index in [0.29, 0.717) is 0 Å². The van der Waals surface area contributed by atoms with E-state index in [1.807, 2.05) is 30.3 Å². The molecule has 0 aliphatic carbocycles. The Labute approximate surface area is 253 Å². The van der Waals surface area contributed by atoms with Crippen LogP contribution < -0.4 is 5.32 Å². The number of benzene rings is 6. The summed E-state index contributed by atoms with van der Waals surface area (Å²) in [5, 5.41) is 8.08. The van der Waals surface area contributed by atoms with Crippen LogP contribution in [0.25, 0.3) is 60.7 Å². The van der Waals surface area contributed by atoms with Crippen molar-refractivity contribution in [2.75, 3.05) is 0 Å². The van der Waals surface area contributed by atoms with Gasteiger partial charge in [0.05, 0.1) is 5.71 Å². The number of aliphatic imine (C=N–C) groups is 1. The van der Waals surface area contributed by atoms with Gasteiger partial charge in [0.15, 0.2) is 0 Å². The number of fused-ring (bicyclic) bond motifs is 6. The number of nitrogens with one attached hydrogen (secondary N) is 1. The molecule has 1 unspecified atom stereocenters. The van der Waals surface area contributed by atoms with Crippen molar-refractivity contribution in [3.63, 3.8) is 0 Å². The highest BCUT2D eigenvalue weighted by Crippen LogP contribution is 2.39. The first-order valence-electron chi connectivity index (χ1n) is 14.8. The zero-order chi connectivity index (χ0) is 29.0. The molecule has 2 aromatic heterocycles. The summed E-state index contributed by atoms with van der Waals surface area (Å²) >= 11 is 0. The maximum atomic E-state index is 6.64. The molecular weight excluding hydrogens is 540 g/mol. The van der Waals surface area contributed by atoms with Gasteiger partial charge < -0.3 is 14.2 Å². The monoisotopic (exact) mass is 566 g/mol. The van der Waals surface area contributed by atoms with Gasteiger partial charge in [-0.1, -0.05) is 115 Å². The Hall–Kier alpha value is -5.87. The molecule has 3 heterocycles. The van der Waals surface area contributed by atoms with Gasteiger partial charge in [-0.15, -0.1) is 0 Å². The zero-order valence-electron chi connectivity index (χ0n) is 23.7. The summed E-state index contributed by atoms with van der Waals surface area (Å²) in [6, 6.07) is 48.1. The van der Waals surface area contributed by atoms with Crippen molar-refractivity contribution in [3.8, 4) is 11.1 Å². The minimum absolute atomic E-state index is 0.266. The minimum Gasteiger partial charge on any atom is -0.456 e. The Morgan fingerprint density at radius 1 is 0.500 bits per heavy atom. The fourth-order valence-corrected chi connectivity index (χ4v) is 6.35. The minimum atomic E-state index is -0.266. The predicted octanol–water partition coefficient (Wildman–Crippen LogP) is 10.3. The van der Waals surface area contributed by atoms with Gasteiger partial charge in [0.2, 0.25) is 0 Å². The third-order valence-electron chi connectivity index (χ3n) is 8.52. The van der Waals surface area contributed by atoms with Crippen LogP contribution in [-0.2, 0) is 0 Å². The third-order valence-corrected chi connectivity index (χ3v) is 8.52. The van der Waals surface area contributed by atoms with Crippen LogP contribution in [0.2, 0.25) is 0 Å². The molecule has 0 bridgehead atoms. The second-order valence-corrected chi connectivity index (χ2v) is 11.2. The van der Waals surface area contributed by atoms with Crippen molar-refractivity contribution >= 4 is 55.3 Å². The van der Waals surface area contributed by atoms with Crippen LogP contribution in [0.3, 0.4) is 0 Å². The lowest BCUT2D eigenvalue weighted by Gasteiger charge is -2.25. The van der Waals surface area contributed by atoms with Gasteiger partial charge in [0, 0.05) is 38.4 Å². The highest BCUT2D eigenvalue weighted by atomic mass is 16.3. The number of allylic oxidation sites excluding steroid dienone is 1. The molecule has 9 rings (SSSR count). The first kappa shape index (κ1) is 24.7. The molecule has 44 heavy (non-hydrogen) atoms. The number of para-hydroxylation sites is 2. The van der Waals surface area contributed by atoms with Crippen LogP contribution in [0.4, 0.5) is 0 Å². The first-order chi connectivity index (χ1) is 21.8. The Morgan fingerprint density at radius 2 is 1.18 bits per heavy atom. The second kappa shape index (κ2) is 9.85. The van der Waals surface area contributed by atoms with Crippen molar-refractivity contribution in [1.29, 1.82) is 0 Å². The van der Waals surface area contributed by atoms with Crippen LogP contribution in [0.1, 0.15) is 22.9 Å². The smallest absolute Gasteiger partial charge is 0.145 e. The van der Waals surface area contributed by atoms with Crippen molar-refractivity contribution in [1.82, 2.24) is 5.32 Å². The van der Waals surface area contributed by atoms with Crippen molar-refractivity contribution in [2.45, 2.75) is 6.17 Å². The Kier molecular flexibility index (Phi) is 5.53. The summed E-state index contributed by atoms with van der Waals surface area (Å²) < 4.78 is 12.8. The normalized spacial score (nSPS) is 15.0. The molecule has 208 valence electrons. The molecule has 4 heteroatoms. The molecule has 0 fully saturated rings. The Balaban J connectivity index is 1.14. The molecule has 6 aromatic carbocycles. The molecule has 0 saturated heterocycles. The van der Waals surface area contributed by atoms with Crippen molar-refractivity contribution < 1.29 is 8.83 Å². The van der Waals surface area contributed by atoms with Crippen LogP contribution >= 0.6 is 0 Å². The molecule has 1 aliphatic heterocycles. The maximum absolute atomic E-state index is 6.64. The van der Waals surface area contributed by atoms with Crippen molar-refractivity contribution in [3.05, 3.63) is 162 Å². The Morgan fingerprint density at radius 3 is 2.05 bits per heavy atom. The topological polar surface area (TPSA) is 50.7 Å². The van der Waals surface area contributed by atoms with E-state index in [-0.39, 0.29) is 6.17 Å². The SMILES string of the molecule is C1=C(c2ccccc2)NC(c2ccc3c(c2)oc2c(-c4ccc5c(c4)oc4ccccc45)cccc23)N=C1c1ccccc1. The van der Waals surface area contributed by atoms with Crippen LogP contribution in [0.15, 0.2) is 159 Å². The van der Waals surface area contributed by atoms with E-state index in [2.05, 4.69) is 121 Å². The van der Waals surface area contributed by atoms with Gasteiger partial charge in [0.25, 0.3) is 0 Å². The highest BCUT2D eigenvalue weighted by molar-refractivity contribution is 6.13. The zero-order valence-corrected chi connectivity index (χ0v) is 23.7. The van der Waals surface area contributed by atoms with Gasteiger partial charge in [0.1, 0.15) is 28.5 Å². The molecule has 0 spiro atoms. The largest absolute Gasteiger partial charge is 0.456 e. The molecule has 0 radical (unpaired) electrons. The molecule has 1 N–H and O–H groups in total. The first-order valence-corrected chi connectivity index (χ1v) is 14.8.